The summed E-state index contributed by atoms with van der Waals surface area (Å²) in [6.07, 6.45) is 10.2. The smallest absolute Gasteiger partial charge is 0.181 e. The van der Waals surface area contributed by atoms with Crippen LogP contribution in [0.2, 0.25) is 0 Å². The maximum Gasteiger partial charge on any atom is 0.181 e. The number of hydrogen-bond donors (Lipinski definition) is 1. The first-order valence-corrected chi connectivity index (χ1v) is 5.35. The van der Waals surface area contributed by atoms with Gasteiger partial charge in [-0.05, 0) is 0 Å². The number of imidazole rings is 1. The van der Waals surface area contributed by atoms with Crippen LogP contribution in [0, 0.1) is 0 Å². The summed E-state index contributed by atoms with van der Waals surface area (Å²) in [5.41, 5.74) is 3.23. The molecule has 0 saturated heterocycles. The molecule has 4 aromatic heterocycles. The first-order chi connectivity index (χ1) is 8.92. The van der Waals surface area contributed by atoms with Gasteiger partial charge in [-0.15, -0.1) is 0 Å². The minimum absolute atomic E-state index is 0.642. The summed E-state index contributed by atoms with van der Waals surface area (Å²) in [5.74, 6) is 0.716. The number of fused-ring (bicyclic) bond motifs is 2. The molecule has 0 unspecified atom stereocenters. The predicted octanol–water partition coefficient (Wildman–Crippen LogP) is 1.06. The van der Waals surface area contributed by atoms with E-state index in [4.69, 9.17) is 0 Å². The van der Waals surface area contributed by atoms with Crippen LogP contribution in [-0.2, 0) is 0 Å². The van der Waals surface area contributed by atoms with Crippen molar-refractivity contribution in [1.82, 2.24) is 34.5 Å². The minimum Gasteiger partial charge on any atom is -0.335 e. The van der Waals surface area contributed by atoms with Crippen LogP contribution in [0.5, 0.6) is 0 Å². The van der Waals surface area contributed by atoms with Gasteiger partial charge in [-0.25, -0.2) is 19.5 Å². The third kappa shape index (κ3) is 1.21. The predicted molar refractivity (Wildman–Crippen MR) is 63.7 cm³/mol. The van der Waals surface area contributed by atoms with Crippen LogP contribution in [0.1, 0.15) is 0 Å². The molecule has 0 saturated carbocycles. The maximum absolute atomic E-state index is 4.42. The van der Waals surface area contributed by atoms with Gasteiger partial charge in [0.2, 0.25) is 0 Å². The van der Waals surface area contributed by atoms with E-state index in [0.717, 1.165) is 16.6 Å². The number of aromatic amines is 1. The largest absolute Gasteiger partial charge is 0.335 e. The summed E-state index contributed by atoms with van der Waals surface area (Å²) in [5, 5.41) is 4.25. The molecule has 0 aliphatic rings. The number of nitrogens with zero attached hydrogens (tertiary/aromatic N) is 6. The first-order valence-electron chi connectivity index (χ1n) is 5.35. The molecule has 0 fully saturated rings. The molecule has 4 aromatic rings. The Hall–Kier alpha value is -2.83. The van der Waals surface area contributed by atoms with Gasteiger partial charge in [-0.1, -0.05) is 0 Å². The van der Waals surface area contributed by atoms with Crippen molar-refractivity contribution in [3.63, 3.8) is 0 Å². The molecule has 0 aliphatic carbocycles. The van der Waals surface area contributed by atoms with Crippen molar-refractivity contribution in [2.24, 2.45) is 0 Å². The topological polar surface area (TPSA) is 84.6 Å². The number of H-pyrrole nitrogens is 1. The van der Waals surface area contributed by atoms with Gasteiger partial charge in [0, 0.05) is 12.4 Å². The van der Waals surface area contributed by atoms with Crippen molar-refractivity contribution in [2.75, 3.05) is 0 Å². The lowest BCUT2D eigenvalue weighted by atomic mass is 10.3. The van der Waals surface area contributed by atoms with E-state index in [-0.39, 0.29) is 0 Å². The monoisotopic (exact) mass is 237 g/mol. The highest BCUT2D eigenvalue weighted by atomic mass is 15.2. The van der Waals surface area contributed by atoms with Crippen molar-refractivity contribution < 1.29 is 0 Å². The molecule has 0 atom stereocenters. The molecule has 0 radical (unpaired) electrons. The van der Waals surface area contributed by atoms with E-state index in [1.54, 1.807) is 35.5 Å². The lowest BCUT2D eigenvalue weighted by Gasteiger charge is -1.93. The molecule has 0 amide bonds. The molecule has 4 rings (SSSR count). The average molecular weight is 237 g/mol. The number of nitrogens with one attached hydrogen (secondary N) is 1. The van der Waals surface area contributed by atoms with Crippen molar-refractivity contribution >= 4 is 16.7 Å². The quantitative estimate of drug-likeness (QED) is 0.535. The van der Waals surface area contributed by atoms with Gasteiger partial charge in [-0.3, -0.25) is 4.98 Å². The average Bonchev–Trinajstić information content (AvgIpc) is 3.02. The van der Waals surface area contributed by atoms with Gasteiger partial charge in [0.15, 0.2) is 5.65 Å². The second kappa shape index (κ2) is 3.33. The summed E-state index contributed by atoms with van der Waals surface area (Å²) in [6, 6.07) is 0. The first kappa shape index (κ1) is 9.23. The molecule has 0 spiro atoms. The highest BCUT2D eigenvalue weighted by Crippen LogP contribution is 2.22. The molecule has 0 aliphatic heterocycles. The Bertz CT molecular complexity index is 811. The Balaban J connectivity index is 2.01. The molecule has 7 heteroatoms. The lowest BCUT2D eigenvalue weighted by molar-refractivity contribution is 0.946. The summed E-state index contributed by atoms with van der Waals surface area (Å²) in [6.45, 7) is 0. The van der Waals surface area contributed by atoms with E-state index in [9.17, 15) is 0 Å². The van der Waals surface area contributed by atoms with E-state index < -0.39 is 0 Å². The van der Waals surface area contributed by atoms with Crippen LogP contribution in [-0.4, -0.2) is 34.5 Å². The Morgan fingerprint density at radius 1 is 1.11 bits per heavy atom. The van der Waals surface area contributed by atoms with Crippen LogP contribution in [0.4, 0.5) is 0 Å². The molecule has 0 aromatic carbocycles. The zero-order chi connectivity index (χ0) is 11.9. The number of rotatable bonds is 1. The van der Waals surface area contributed by atoms with Gasteiger partial charge >= 0.3 is 0 Å². The van der Waals surface area contributed by atoms with E-state index in [0.29, 0.717) is 11.5 Å². The second-order valence-electron chi connectivity index (χ2n) is 3.81. The molecule has 4 heterocycles. The van der Waals surface area contributed by atoms with Crippen molar-refractivity contribution in [3.8, 4) is 11.4 Å². The molecular formula is C11H7N7. The van der Waals surface area contributed by atoms with Crippen molar-refractivity contribution in [3.05, 3.63) is 37.3 Å². The van der Waals surface area contributed by atoms with Gasteiger partial charge in [0.25, 0.3) is 0 Å². The Labute approximate surface area is 101 Å². The molecule has 18 heavy (non-hydrogen) atoms. The highest BCUT2D eigenvalue weighted by molar-refractivity contribution is 5.81. The van der Waals surface area contributed by atoms with E-state index in [2.05, 4.69) is 30.0 Å². The zero-order valence-electron chi connectivity index (χ0n) is 9.15. The van der Waals surface area contributed by atoms with Crippen molar-refractivity contribution in [1.29, 1.82) is 0 Å². The standard InChI is InChI=1S/C11H7N7/c1-2-18-9(5-12-1)7(3-15-18)10-16-8-4-13-6-14-11(8)17-10/h1-6H,(H,13,14,16,17). The Kier molecular flexibility index (Phi) is 1.71. The van der Waals surface area contributed by atoms with Gasteiger partial charge < -0.3 is 4.98 Å². The summed E-state index contributed by atoms with van der Waals surface area (Å²) in [7, 11) is 0. The fraction of sp³-hybridized carbons (Fsp3) is 0. The Morgan fingerprint density at radius 2 is 2.11 bits per heavy atom. The summed E-state index contributed by atoms with van der Waals surface area (Å²) >= 11 is 0. The molecule has 86 valence electrons. The molecule has 1 N–H and O–H groups in total. The molecule has 0 bridgehead atoms. The van der Waals surface area contributed by atoms with Crippen LogP contribution in [0.3, 0.4) is 0 Å². The van der Waals surface area contributed by atoms with Crippen LogP contribution in [0.25, 0.3) is 28.1 Å². The summed E-state index contributed by atoms with van der Waals surface area (Å²) < 4.78 is 1.75. The summed E-state index contributed by atoms with van der Waals surface area (Å²) in [4.78, 5) is 19.7. The van der Waals surface area contributed by atoms with Gasteiger partial charge in [0.05, 0.1) is 29.7 Å². The fourth-order valence-corrected chi connectivity index (χ4v) is 1.91. The van der Waals surface area contributed by atoms with Crippen LogP contribution < -0.4 is 0 Å². The van der Waals surface area contributed by atoms with E-state index in [1.165, 1.54) is 6.33 Å². The van der Waals surface area contributed by atoms with E-state index in [1.807, 2.05) is 0 Å². The van der Waals surface area contributed by atoms with E-state index >= 15 is 0 Å². The molecular weight excluding hydrogens is 230 g/mol. The Morgan fingerprint density at radius 3 is 3.06 bits per heavy atom. The third-order valence-electron chi connectivity index (χ3n) is 2.74. The SMILES string of the molecule is c1cn2ncc(-c3nc4ncncc4[nH]3)c2cn1. The fourth-order valence-electron chi connectivity index (χ4n) is 1.91. The lowest BCUT2D eigenvalue weighted by Crippen LogP contribution is -1.86. The third-order valence-corrected chi connectivity index (χ3v) is 2.74. The highest BCUT2D eigenvalue weighted by Gasteiger charge is 2.11. The second-order valence-corrected chi connectivity index (χ2v) is 3.81. The zero-order valence-corrected chi connectivity index (χ0v) is 9.15. The normalized spacial score (nSPS) is 11.3. The van der Waals surface area contributed by atoms with Gasteiger partial charge in [0.1, 0.15) is 17.7 Å². The molecule has 7 nitrogen and oxygen atoms in total. The van der Waals surface area contributed by atoms with Gasteiger partial charge in [-0.2, -0.15) is 5.10 Å². The minimum atomic E-state index is 0.642. The van der Waals surface area contributed by atoms with Crippen LogP contribution in [0.15, 0.2) is 37.3 Å². The van der Waals surface area contributed by atoms with Crippen molar-refractivity contribution in [2.45, 2.75) is 0 Å². The van der Waals surface area contributed by atoms with Crippen LogP contribution >= 0.6 is 0 Å². The number of hydrogen-bond acceptors (Lipinski definition) is 5. The number of aromatic nitrogens is 7. The maximum atomic E-state index is 4.42.